The zero-order valence-corrected chi connectivity index (χ0v) is 72.4. The van der Waals surface area contributed by atoms with E-state index in [4.69, 9.17) is 11.6 Å². The molecule has 6 heterocycles. The van der Waals surface area contributed by atoms with Gasteiger partial charge in [-0.15, -0.1) is 0 Å². The number of urea groups is 1. The van der Waals surface area contributed by atoms with Crippen molar-refractivity contribution < 1.29 is 60.0 Å². The lowest BCUT2D eigenvalue weighted by molar-refractivity contribution is -0.384. The van der Waals surface area contributed by atoms with Gasteiger partial charge in [0.1, 0.15) is 11.5 Å². The summed E-state index contributed by atoms with van der Waals surface area (Å²) in [6.07, 6.45) is 24.3. The van der Waals surface area contributed by atoms with Gasteiger partial charge in [0.2, 0.25) is 0 Å². The predicted octanol–water partition coefficient (Wildman–Crippen LogP) is 16.5. The van der Waals surface area contributed by atoms with E-state index < -0.39 is 33.8 Å². The van der Waals surface area contributed by atoms with Crippen molar-refractivity contribution in [2.45, 2.75) is 234 Å². The number of halogens is 7. The second-order valence-electron chi connectivity index (χ2n) is 33.1. The number of amides is 4. The molecule has 29 heteroatoms. The van der Waals surface area contributed by atoms with Crippen molar-refractivity contribution in [2.24, 2.45) is 0 Å². The number of likely N-dealkylation sites (N-methyl/N-ethyl adjacent to an activating group) is 6. The lowest BCUT2D eigenvalue weighted by Crippen LogP contribution is -2.48. The van der Waals surface area contributed by atoms with E-state index in [1.165, 1.54) is 203 Å². The molecule has 0 aromatic heterocycles. The van der Waals surface area contributed by atoms with Gasteiger partial charge in [-0.05, 0) is 207 Å². The van der Waals surface area contributed by atoms with Crippen LogP contribution in [0.15, 0.2) is 121 Å². The molecule has 658 valence electrons. The van der Waals surface area contributed by atoms with Crippen LogP contribution in [0.25, 0.3) is 22.3 Å². The molecular formula is C90H130ClF6N13O8S. The van der Waals surface area contributed by atoms with E-state index in [0.29, 0.717) is 47.2 Å². The van der Waals surface area contributed by atoms with E-state index in [9.17, 15) is 60.4 Å². The van der Waals surface area contributed by atoms with Crippen molar-refractivity contribution >= 4 is 59.8 Å². The molecule has 0 radical (unpaired) electrons. The molecule has 0 bridgehead atoms. The van der Waals surface area contributed by atoms with Crippen molar-refractivity contribution in [3.63, 3.8) is 0 Å². The van der Waals surface area contributed by atoms with Crippen LogP contribution >= 0.6 is 25.1 Å². The van der Waals surface area contributed by atoms with Crippen molar-refractivity contribution in [1.82, 2.24) is 60.9 Å². The topological polar surface area (TPSA) is 221 Å². The minimum Gasteiger partial charge on any atom is -0.414 e. The lowest BCUT2D eigenvalue weighted by atomic mass is 9.94. The third-order valence-electron chi connectivity index (χ3n) is 25.3. The number of ether oxygens (including phenoxy) is 1. The minimum absolute atomic E-state index is 0. The fourth-order valence-electron chi connectivity index (χ4n) is 17.7. The van der Waals surface area contributed by atoms with E-state index in [1.807, 2.05) is 23.9 Å². The highest BCUT2D eigenvalue weighted by atomic mass is 35.5. The van der Waals surface area contributed by atoms with Crippen molar-refractivity contribution in [3.05, 3.63) is 154 Å². The summed E-state index contributed by atoms with van der Waals surface area (Å²) in [5, 5.41) is 26.7. The molecule has 5 aromatic rings. The van der Waals surface area contributed by atoms with Crippen LogP contribution in [0.1, 0.15) is 199 Å². The van der Waals surface area contributed by atoms with Gasteiger partial charge >= 0.3 is 23.8 Å². The molecule has 15 rings (SSSR count). The summed E-state index contributed by atoms with van der Waals surface area (Å²) in [6, 6.07) is 34.1. The first-order valence-corrected chi connectivity index (χ1v) is 43.5. The molecule has 5 N–H and O–H groups in total. The number of rotatable bonds is 15. The van der Waals surface area contributed by atoms with Crippen LogP contribution in [0.5, 0.6) is 5.75 Å². The van der Waals surface area contributed by atoms with E-state index in [2.05, 4.69) is 60.1 Å². The van der Waals surface area contributed by atoms with Crippen molar-refractivity contribution in [1.29, 1.82) is 0 Å². The quantitative estimate of drug-likeness (QED) is 0.0285. The Morgan fingerprint density at radius 3 is 1.18 bits per heavy atom. The number of hydrogen-bond acceptors (Lipinski definition) is 16. The van der Waals surface area contributed by atoms with E-state index in [-0.39, 0.29) is 60.9 Å². The zero-order valence-electron chi connectivity index (χ0n) is 70.6. The summed E-state index contributed by atoms with van der Waals surface area (Å²) >= 11 is 4.92. The molecule has 4 amide bonds. The van der Waals surface area contributed by atoms with E-state index >= 15 is 0 Å². The van der Waals surface area contributed by atoms with Crippen LogP contribution in [-0.2, 0) is 17.1 Å². The van der Waals surface area contributed by atoms with Gasteiger partial charge in [0.15, 0.2) is 0 Å². The van der Waals surface area contributed by atoms with Gasteiger partial charge in [-0.25, -0.2) is 9.59 Å². The summed E-state index contributed by atoms with van der Waals surface area (Å²) in [7, 11) is 11.7. The van der Waals surface area contributed by atoms with Gasteiger partial charge in [-0.1, -0.05) is 113 Å². The Labute approximate surface area is 713 Å². The lowest BCUT2D eigenvalue weighted by Gasteiger charge is -2.33. The smallest absolute Gasteiger partial charge is 0.414 e. The molecule has 10 aliphatic rings. The largest absolute Gasteiger partial charge is 0.416 e. The predicted molar refractivity (Wildman–Crippen MR) is 465 cm³/mol. The van der Waals surface area contributed by atoms with Gasteiger partial charge in [-0.3, -0.25) is 39.2 Å². The van der Waals surface area contributed by atoms with Crippen LogP contribution in [-0.4, -0.2) is 243 Å². The Morgan fingerprint density at radius 2 is 0.832 bits per heavy atom. The number of carbonyl (C=O) groups excluding carboxylic acids is 5. The van der Waals surface area contributed by atoms with Gasteiger partial charge < -0.3 is 50.9 Å². The number of likely N-dealkylation sites (tertiary alicyclic amines) is 4. The van der Waals surface area contributed by atoms with Crippen LogP contribution in [0, 0.1) is 10.1 Å². The highest BCUT2D eigenvalue weighted by molar-refractivity contribution is 7.59. The van der Waals surface area contributed by atoms with Gasteiger partial charge in [0.05, 0.1) is 22.1 Å². The summed E-state index contributed by atoms with van der Waals surface area (Å²) in [6.45, 7) is 12.4. The van der Waals surface area contributed by atoms with Gasteiger partial charge in [0, 0.05) is 183 Å². The molecule has 2 unspecified atom stereocenters. The monoisotopic (exact) mass is 1700 g/mol. The molecule has 6 atom stereocenters. The molecule has 119 heavy (non-hydrogen) atoms. The number of nitro groups is 1. The highest BCUT2D eigenvalue weighted by Gasteiger charge is 2.39. The van der Waals surface area contributed by atoms with E-state index in [0.717, 1.165) is 143 Å². The van der Waals surface area contributed by atoms with E-state index in [1.54, 1.807) is 72.4 Å². The fourth-order valence-corrected chi connectivity index (χ4v) is 17.8. The maximum Gasteiger partial charge on any atom is 0.416 e. The number of alkyl halides is 6. The van der Waals surface area contributed by atoms with Crippen LogP contribution < -0.4 is 31.3 Å². The van der Waals surface area contributed by atoms with Crippen molar-refractivity contribution in [3.8, 4) is 28.0 Å². The van der Waals surface area contributed by atoms with Crippen LogP contribution in [0.2, 0.25) is 0 Å². The number of carbonyl (C=O) groups is 5. The fraction of sp³-hybridized carbons (Fsp3) is 0.611. The molecular weight excluding hydrogens is 1570 g/mol. The number of Topliss-reactive ketones (excluding diaryl/α,β-unsaturated/α-hetero) is 1. The second-order valence-corrected chi connectivity index (χ2v) is 33.4. The highest BCUT2D eigenvalue weighted by Crippen LogP contribution is 2.35. The second kappa shape index (κ2) is 49.1. The van der Waals surface area contributed by atoms with Crippen LogP contribution in [0.3, 0.4) is 0 Å². The first-order chi connectivity index (χ1) is 56.7. The molecule has 4 aliphatic carbocycles. The Balaban J connectivity index is 0.000000190. The standard InChI is InChI=1S/C31H39F3N4O2.C19H19F3N2O.2C11H22N2.C7H4ClNO4.C6H10O.C5H12N2.H2S/c1-35(29(39)24-10-8-22(9-11-24)23-12-14-25(15-13-23)31(32,33)34)27-17-19-38(21-27)30(40)36(2)28-16-18-37(20-28)26-6-4-3-5-7-26;1-24(17-10-11-23-12-17)18(25)15-4-2-13(3-5-15)14-6-8-16(9-7-14)19(20,21)22;2*1-12-10-7-8-13(9-10)11-5-3-2-4-6-11;8-7(10)13-6-3-1-5(2-4-6)9(11)12;7-6-4-2-1-3-5-6;1-6-5-2-3-7-4-5;/h8-15,26-28H,3-7,16-21H2,1-2H3;2-9,17,23H,10-12H2,1H3;2*10-12H,2-9H2,1H3;1-4H;1-5H2;5-7H,2-4H2,1H3;1H2/t;17-;2*10-;;;5-;/m.011..1./s1. The number of non-ortho nitro benzene ring substituents is 1. The van der Waals surface area contributed by atoms with Gasteiger partial charge in [0.25, 0.3) is 17.5 Å². The third-order valence-corrected chi connectivity index (χ3v) is 25.3. The number of nitrogens with zero attached hydrogens (tertiary/aromatic N) is 8. The number of benzene rings is 5. The van der Waals surface area contributed by atoms with Crippen LogP contribution in [0.4, 0.5) is 41.6 Å². The Hall–Kier alpha value is -7.25. The summed E-state index contributed by atoms with van der Waals surface area (Å²) in [5.74, 6) is 0.454. The maximum absolute atomic E-state index is 13.3. The number of ketones is 1. The minimum atomic E-state index is -4.37. The molecule has 0 spiro atoms. The average Bonchev–Trinajstić information content (AvgIpc) is 1.75. The summed E-state index contributed by atoms with van der Waals surface area (Å²) in [4.78, 5) is 84.7. The van der Waals surface area contributed by atoms with Gasteiger partial charge in [-0.2, -0.15) is 39.8 Å². The first kappa shape index (κ1) is 97.2. The summed E-state index contributed by atoms with van der Waals surface area (Å²) in [5.41, 5.74) is 1.51. The number of nitrogens with one attached hydrogen (secondary N) is 5. The summed E-state index contributed by atoms with van der Waals surface area (Å²) < 4.78 is 80.9. The zero-order chi connectivity index (χ0) is 84.7. The molecule has 5 aromatic carbocycles. The SMILES string of the molecule is CN(C(=O)c1ccc(-c2ccc(C(F)(F)F)cc2)cc1)C1CCN(C(=O)N(C)C2CCN(C3CCCCC3)C2)C1.CN(C(=O)c1ccc(-c2ccc(C(F)(F)F)cc2)cc1)[C@H]1CCNC1.CN[C@@H]1CCN(C2CCCCC2)C1.CN[C@@H]1CCN(C2CCCCC2)C1.CN[C@@H]1CCNC1.O=C(Cl)Oc1ccc([N+](=O)[O-])cc1.O=C1CCCCC1.S. The molecule has 10 fully saturated rings. The Morgan fingerprint density at radius 1 is 0.454 bits per heavy atom. The Kier molecular flexibility index (Phi) is 40.1. The normalized spacial score (nSPS) is 22.5. The van der Waals surface area contributed by atoms with Crippen molar-refractivity contribution in [2.75, 3.05) is 121 Å². The number of nitro benzene ring substituents is 1. The molecule has 4 saturated carbocycles. The molecule has 6 aliphatic heterocycles. The Bertz CT molecular complexity index is 3820. The maximum atomic E-state index is 13.3. The number of hydrogen-bond donors (Lipinski definition) is 5. The average molecular weight is 1700 g/mol. The molecule has 6 saturated heterocycles. The molecule has 21 nitrogen and oxygen atoms in total. The third kappa shape index (κ3) is 30.6. The first-order valence-electron chi connectivity index (χ1n) is 43.1.